The first-order chi connectivity index (χ1) is 7.08. The average Bonchev–Trinajstić information content (AvgIpc) is 2.16. The van der Waals surface area contributed by atoms with Crippen LogP contribution in [-0.4, -0.2) is 17.1 Å². The summed E-state index contributed by atoms with van der Waals surface area (Å²) in [6, 6.07) is 7.45. The molecule has 0 radical (unpaired) electrons. The van der Waals surface area contributed by atoms with Crippen molar-refractivity contribution < 1.29 is 9.90 Å². The monoisotopic (exact) mass is 227 g/mol. The molecule has 0 saturated heterocycles. The largest absolute Gasteiger partial charge is 0.481 e. The van der Waals surface area contributed by atoms with Crippen LogP contribution in [0.25, 0.3) is 0 Å². The minimum Gasteiger partial charge on any atom is -0.481 e. The van der Waals surface area contributed by atoms with Crippen molar-refractivity contribution in [2.24, 2.45) is 0 Å². The number of carbonyl (C=O) groups is 1. The lowest BCUT2D eigenvalue weighted by molar-refractivity contribution is -0.137. The molecule has 1 atom stereocenters. The van der Waals surface area contributed by atoms with E-state index in [4.69, 9.17) is 16.7 Å². The van der Waals surface area contributed by atoms with Gasteiger partial charge in [0.1, 0.15) is 0 Å². The molecule has 0 amide bonds. The van der Waals surface area contributed by atoms with Crippen LogP contribution in [-0.2, 0) is 11.3 Å². The summed E-state index contributed by atoms with van der Waals surface area (Å²) in [4.78, 5) is 10.4. The predicted octanol–water partition coefficient (Wildman–Crippen LogP) is 2.29. The van der Waals surface area contributed by atoms with E-state index in [2.05, 4.69) is 5.32 Å². The second kappa shape index (κ2) is 5.73. The number of hydrogen-bond donors (Lipinski definition) is 2. The van der Waals surface area contributed by atoms with E-state index in [1.807, 2.05) is 31.2 Å². The Labute approximate surface area is 94.1 Å². The molecule has 0 saturated carbocycles. The molecule has 2 N–H and O–H groups in total. The van der Waals surface area contributed by atoms with Crippen molar-refractivity contribution in [2.45, 2.75) is 25.9 Å². The van der Waals surface area contributed by atoms with E-state index in [0.29, 0.717) is 11.6 Å². The molecule has 0 fully saturated rings. The third kappa shape index (κ3) is 4.81. The van der Waals surface area contributed by atoms with Crippen molar-refractivity contribution in [1.29, 1.82) is 0 Å². The van der Waals surface area contributed by atoms with Gasteiger partial charge in [0.05, 0.1) is 6.42 Å². The highest BCUT2D eigenvalue weighted by Gasteiger charge is 2.06. The zero-order valence-electron chi connectivity index (χ0n) is 8.53. The number of halogens is 1. The van der Waals surface area contributed by atoms with Gasteiger partial charge < -0.3 is 10.4 Å². The topological polar surface area (TPSA) is 49.3 Å². The third-order valence-electron chi connectivity index (χ3n) is 2.05. The molecule has 0 aromatic heterocycles. The van der Waals surface area contributed by atoms with Crippen molar-refractivity contribution >= 4 is 17.6 Å². The summed E-state index contributed by atoms with van der Waals surface area (Å²) in [5.74, 6) is -0.786. The quantitative estimate of drug-likeness (QED) is 0.812. The standard InChI is InChI=1S/C11H14ClNO2/c1-8(6-11(14)15)13-7-9-2-4-10(12)5-3-9/h2-5,8,13H,6-7H2,1H3,(H,14,15)/t8-/m0/s1. The lowest BCUT2D eigenvalue weighted by Crippen LogP contribution is -2.27. The molecule has 1 aromatic rings. The first-order valence-corrected chi connectivity index (χ1v) is 5.15. The molecule has 0 heterocycles. The van der Waals surface area contributed by atoms with E-state index in [0.717, 1.165) is 5.56 Å². The highest BCUT2D eigenvalue weighted by molar-refractivity contribution is 6.30. The average molecular weight is 228 g/mol. The van der Waals surface area contributed by atoms with E-state index in [1.165, 1.54) is 0 Å². The Hall–Kier alpha value is -1.06. The molecule has 15 heavy (non-hydrogen) atoms. The summed E-state index contributed by atoms with van der Waals surface area (Å²) < 4.78 is 0. The number of carboxylic acid groups (broad SMARTS) is 1. The number of rotatable bonds is 5. The zero-order valence-corrected chi connectivity index (χ0v) is 9.29. The molecular formula is C11H14ClNO2. The van der Waals surface area contributed by atoms with Gasteiger partial charge in [-0.3, -0.25) is 4.79 Å². The Bertz CT molecular complexity index is 324. The third-order valence-corrected chi connectivity index (χ3v) is 2.30. The van der Waals surface area contributed by atoms with Gasteiger partial charge in [0, 0.05) is 17.6 Å². The van der Waals surface area contributed by atoms with Gasteiger partial charge in [0.2, 0.25) is 0 Å². The molecule has 0 aliphatic rings. The number of carboxylic acids is 1. The molecule has 82 valence electrons. The fourth-order valence-electron chi connectivity index (χ4n) is 1.23. The Kier molecular flexibility index (Phi) is 4.59. The zero-order chi connectivity index (χ0) is 11.3. The predicted molar refractivity (Wildman–Crippen MR) is 60.0 cm³/mol. The summed E-state index contributed by atoms with van der Waals surface area (Å²) in [7, 11) is 0. The Morgan fingerprint density at radius 1 is 1.47 bits per heavy atom. The van der Waals surface area contributed by atoms with Gasteiger partial charge >= 0.3 is 5.97 Å². The second-order valence-corrected chi connectivity index (χ2v) is 3.94. The summed E-state index contributed by atoms with van der Waals surface area (Å²) in [5, 5.41) is 12.4. The van der Waals surface area contributed by atoms with Crippen LogP contribution in [0.15, 0.2) is 24.3 Å². The molecule has 0 aliphatic heterocycles. The number of hydrogen-bond acceptors (Lipinski definition) is 2. The minimum atomic E-state index is -0.786. The van der Waals surface area contributed by atoms with E-state index < -0.39 is 5.97 Å². The van der Waals surface area contributed by atoms with Crippen molar-refractivity contribution in [3.05, 3.63) is 34.9 Å². The van der Waals surface area contributed by atoms with E-state index >= 15 is 0 Å². The van der Waals surface area contributed by atoms with Crippen LogP contribution in [0.1, 0.15) is 18.9 Å². The van der Waals surface area contributed by atoms with Gasteiger partial charge in [-0.1, -0.05) is 23.7 Å². The molecule has 0 bridgehead atoms. The van der Waals surface area contributed by atoms with Crippen molar-refractivity contribution in [3.63, 3.8) is 0 Å². The van der Waals surface area contributed by atoms with Gasteiger partial charge in [-0.15, -0.1) is 0 Å². The summed E-state index contributed by atoms with van der Waals surface area (Å²) >= 11 is 5.75. The van der Waals surface area contributed by atoms with Crippen LogP contribution in [0.5, 0.6) is 0 Å². The lowest BCUT2D eigenvalue weighted by atomic mass is 10.2. The number of nitrogens with one attached hydrogen (secondary N) is 1. The van der Waals surface area contributed by atoms with Crippen LogP contribution in [0, 0.1) is 0 Å². The van der Waals surface area contributed by atoms with Gasteiger partial charge in [-0.05, 0) is 24.6 Å². The molecular weight excluding hydrogens is 214 g/mol. The van der Waals surface area contributed by atoms with Crippen molar-refractivity contribution in [2.75, 3.05) is 0 Å². The van der Waals surface area contributed by atoms with Crippen LogP contribution < -0.4 is 5.32 Å². The Morgan fingerprint density at radius 2 is 2.07 bits per heavy atom. The van der Waals surface area contributed by atoms with E-state index in [-0.39, 0.29) is 12.5 Å². The lowest BCUT2D eigenvalue weighted by Gasteiger charge is -2.11. The highest BCUT2D eigenvalue weighted by atomic mass is 35.5. The van der Waals surface area contributed by atoms with Crippen LogP contribution in [0.3, 0.4) is 0 Å². The second-order valence-electron chi connectivity index (χ2n) is 3.51. The Morgan fingerprint density at radius 3 is 2.60 bits per heavy atom. The highest BCUT2D eigenvalue weighted by Crippen LogP contribution is 2.09. The maximum absolute atomic E-state index is 10.4. The van der Waals surface area contributed by atoms with Gasteiger partial charge in [-0.25, -0.2) is 0 Å². The van der Waals surface area contributed by atoms with E-state index in [9.17, 15) is 4.79 Å². The molecule has 0 unspecified atom stereocenters. The number of aliphatic carboxylic acids is 1. The molecule has 4 heteroatoms. The fraction of sp³-hybridized carbons (Fsp3) is 0.364. The molecule has 1 aromatic carbocycles. The van der Waals surface area contributed by atoms with Crippen molar-refractivity contribution in [1.82, 2.24) is 5.32 Å². The maximum Gasteiger partial charge on any atom is 0.304 e. The Balaban J connectivity index is 2.36. The van der Waals surface area contributed by atoms with E-state index in [1.54, 1.807) is 0 Å². The molecule has 0 aliphatic carbocycles. The normalized spacial score (nSPS) is 12.4. The summed E-state index contributed by atoms with van der Waals surface area (Å²) in [5.41, 5.74) is 1.09. The van der Waals surface area contributed by atoms with Crippen LogP contribution >= 0.6 is 11.6 Å². The first-order valence-electron chi connectivity index (χ1n) is 4.77. The van der Waals surface area contributed by atoms with Gasteiger partial charge in [-0.2, -0.15) is 0 Å². The summed E-state index contributed by atoms with van der Waals surface area (Å²) in [6.45, 7) is 2.51. The first kappa shape index (κ1) is 12.0. The van der Waals surface area contributed by atoms with Crippen molar-refractivity contribution in [3.8, 4) is 0 Å². The molecule has 0 spiro atoms. The minimum absolute atomic E-state index is 0.0295. The SMILES string of the molecule is C[C@@H](CC(=O)O)NCc1ccc(Cl)cc1. The molecule has 3 nitrogen and oxygen atoms in total. The number of benzene rings is 1. The fourth-order valence-corrected chi connectivity index (χ4v) is 1.35. The van der Waals surface area contributed by atoms with Crippen LogP contribution in [0.4, 0.5) is 0 Å². The van der Waals surface area contributed by atoms with Gasteiger partial charge in [0.15, 0.2) is 0 Å². The van der Waals surface area contributed by atoms with Crippen LogP contribution in [0.2, 0.25) is 5.02 Å². The van der Waals surface area contributed by atoms with Gasteiger partial charge in [0.25, 0.3) is 0 Å². The summed E-state index contributed by atoms with van der Waals surface area (Å²) in [6.07, 6.45) is 0.133. The molecule has 1 rings (SSSR count). The maximum atomic E-state index is 10.4. The smallest absolute Gasteiger partial charge is 0.304 e.